The Morgan fingerprint density at radius 2 is 2.27 bits per heavy atom. The van der Waals surface area contributed by atoms with Crippen LogP contribution in [-0.4, -0.2) is 33.7 Å². The van der Waals surface area contributed by atoms with E-state index in [1.165, 1.54) is 0 Å². The third kappa shape index (κ3) is 2.72. The zero-order valence-electron chi connectivity index (χ0n) is 5.64. The summed E-state index contributed by atoms with van der Waals surface area (Å²) in [6, 6.07) is 0. The number of carbonyl (C=O) groups excluding carboxylic acids is 1. The van der Waals surface area contributed by atoms with Gasteiger partial charge in [-0.15, -0.1) is 0 Å². The number of hydrogen-bond donors (Lipinski definition) is 0. The van der Waals surface area contributed by atoms with Crippen molar-refractivity contribution in [1.29, 1.82) is 0 Å². The molecule has 0 aromatic carbocycles. The van der Waals surface area contributed by atoms with Gasteiger partial charge in [0.1, 0.15) is 0 Å². The summed E-state index contributed by atoms with van der Waals surface area (Å²) in [5.41, 5.74) is 0. The lowest BCUT2D eigenvalue weighted by atomic mass is 10.7. The topological polar surface area (TPSA) is 78.9 Å². The van der Waals surface area contributed by atoms with Gasteiger partial charge in [-0.05, 0) is 0 Å². The number of rotatable bonds is 2. The second kappa shape index (κ2) is 2.67. The minimum atomic E-state index is -3.59. The Kier molecular flexibility index (Phi) is 2.01. The fourth-order valence-corrected chi connectivity index (χ4v) is 1.04. The van der Waals surface area contributed by atoms with E-state index in [0.717, 1.165) is 6.26 Å². The van der Waals surface area contributed by atoms with Gasteiger partial charge in [0.25, 0.3) is 16.4 Å². The van der Waals surface area contributed by atoms with Gasteiger partial charge in [-0.3, -0.25) is 0 Å². The Morgan fingerprint density at radius 3 is 2.64 bits per heavy atom. The zero-order valence-corrected chi connectivity index (χ0v) is 6.46. The number of hydrogen-bond acceptors (Lipinski definition) is 6. The molecule has 6 nitrogen and oxygen atoms in total. The van der Waals surface area contributed by atoms with E-state index in [1.807, 2.05) is 0 Å². The van der Waals surface area contributed by atoms with Gasteiger partial charge < -0.3 is 9.47 Å². The smallest absolute Gasteiger partial charge is 0.427 e. The SMILES string of the molecule is CS(=O)(=O)OC1COC(=O)O1. The molecule has 1 unspecified atom stereocenters. The van der Waals surface area contributed by atoms with Crippen LogP contribution in [0.1, 0.15) is 0 Å². The van der Waals surface area contributed by atoms with Crippen LogP contribution in [0.5, 0.6) is 0 Å². The Morgan fingerprint density at radius 1 is 1.64 bits per heavy atom. The molecule has 1 fully saturated rings. The van der Waals surface area contributed by atoms with Gasteiger partial charge >= 0.3 is 6.16 Å². The molecule has 1 saturated heterocycles. The first-order chi connectivity index (χ1) is 4.97. The van der Waals surface area contributed by atoms with E-state index in [1.54, 1.807) is 0 Å². The third-order valence-corrected chi connectivity index (χ3v) is 1.41. The van der Waals surface area contributed by atoms with E-state index in [0.29, 0.717) is 0 Å². The molecule has 11 heavy (non-hydrogen) atoms. The van der Waals surface area contributed by atoms with Crippen LogP contribution in [0.15, 0.2) is 0 Å². The standard InChI is InChI=1S/C4H6O6S/c1-11(6,7)10-3-2-8-4(5)9-3/h3H,2H2,1H3. The molecular weight excluding hydrogens is 176 g/mol. The van der Waals surface area contributed by atoms with Crippen molar-refractivity contribution in [3.05, 3.63) is 0 Å². The molecule has 1 aliphatic heterocycles. The highest BCUT2D eigenvalue weighted by molar-refractivity contribution is 7.86. The lowest BCUT2D eigenvalue weighted by molar-refractivity contribution is 0.0110. The van der Waals surface area contributed by atoms with Gasteiger partial charge in [-0.2, -0.15) is 8.42 Å². The second-order valence-electron chi connectivity index (χ2n) is 1.91. The zero-order chi connectivity index (χ0) is 8.48. The maximum atomic E-state index is 10.4. The molecular formula is C4H6O6S. The summed E-state index contributed by atoms with van der Waals surface area (Å²) in [6.45, 7) is -0.189. The fraction of sp³-hybridized carbons (Fsp3) is 0.750. The van der Waals surface area contributed by atoms with Crippen LogP contribution in [0.4, 0.5) is 4.79 Å². The number of ether oxygens (including phenoxy) is 2. The average Bonchev–Trinajstić information content (AvgIpc) is 2.10. The molecule has 0 amide bonds. The fourth-order valence-electron chi connectivity index (χ4n) is 0.554. The third-order valence-electron chi connectivity index (χ3n) is 0.847. The minimum Gasteiger partial charge on any atom is -0.427 e. The largest absolute Gasteiger partial charge is 0.510 e. The lowest BCUT2D eigenvalue weighted by Crippen LogP contribution is -2.18. The summed E-state index contributed by atoms with van der Waals surface area (Å²) in [5.74, 6) is 0. The molecule has 0 aromatic heterocycles. The summed E-state index contributed by atoms with van der Waals surface area (Å²) < 4.78 is 33.7. The molecule has 0 aliphatic carbocycles. The van der Waals surface area contributed by atoms with Gasteiger partial charge in [0.2, 0.25) is 0 Å². The first kappa shape index (κ1) is 8.28. The van der Waals surface area contributed by atoms with Gasteiger partial charge in [0.15, 0.2) is 6.61 Å². The van der Waals surface area contributed by atoms with Crippen LogP contribution in [0.25, 0.3) is 0 Å². The first-order valence-electron chi connectivity index (χ1n) is 2.69. The first-order valence-corrected chi connectivity index (χ1v) is 4.51. The monoisotopic (exact) mass is 182 g/mol. The van der Waals surface area contributed by atoms with Gasteiger partial charge in [0.05, 0.1) is 6.26 Å². The van der Waals surface area contributed by atoms with Crippen LogP contribution < -0.4 is 0 Å². The predicted octanol–water partition coefficient (Wildman–Crippen LogP) is -0.544. The molecule has 1 rings (SSSR count). The van der Waals surface area contributed by atoms with Crippen LogP contribution in [-0.2, 0) is 23.8 Å². The molecule has 0 aromatic rings. The van der Waals surface area contributed by atoms with E-state index in [-0.39, 0.29) is 6.61 Å². The summed E-state index contributed by atoms with van der Waals surface area (Å²) >= 11 is 0. The summed E-state index contributed by atoms with van der Waals surface area (Å²) in [5, 5.41) is 0. The van der Waals surface area contributed by atoms with Crippen LogP contribution >= 0.6 is 0 Å². The van der Waals surface area contributed by atoms with E-state index < -0.39 is 22.6 Å². The molecule has 7 heteroatoms. The van der Waals surface area contributed by atoms with E-state index in [9.17, 15) is 13.2 Å². The van der Waals surface area contributed by atoms with Crippen molar-refractivity contribution < 1.29 is 26.9 Å². The van der Waals surface area contributed by atoms with E-state index in [2.05, 4.69) is 13.7 Å². The van der Waals surface area contributed by atoms with Crippen LogP contribution in [0, 0.1) is 0 Å². The summed E-state index contributed by atoms with van der Waals surface area (Å²) in [6.07, 6.45) is -1.18. The molecule has 0 N–H and O–H groups in total. The highest BCUT2D eigenvalue weighted by Crippen LogP contribution is 2.09. The minimum absolute atomic E-state index is 0.189. The van der Waals surface area contributed by atoms with Crippen molar-refractivity contribution in [3.8, 4) is 0 Å². The Hall–Kier alpha value is -0.820. The lowest BCUT2D eigenvalue weighted by Gasteiger charge is -2.03. The van der Waals surface area contributed by atoms with Crippen molar-refractivity contribution in [1.82, 2.24) is 0 Å². The summed E-state index contributed by atoms with van der Waals surface area (Å²) in [4.78, 5) is 10.2. The average molecular weight is 182 g/mol. The molecule has 1 aliphatic rings. The number of cyclic esters (lactones) is 2. The Balaban J connectivity index is 2.47. The molecule has 1 atom stereocenters. The molecule has 0 spiro atoms. The summed E-state index contributed by atoms with van der Waals surface area (Å²) in [7, 11) is -3.59. The highest BCUT2D eigenvalue weighted by Gasteiger charge is 2.28. The second-order valence-corrected chi connectivity index (χ2v) is 3.51. The van der Waals surface area contributed by atoms with Crippen LogP contribution in [0.3, 0.4) is 0 Å². The molecule has 0 saturated carbocycles. The molecule has 0 radical (unpaired) electrons. The molecule has 1 heterocycles. The quantitative estimate of drug-likeness (QED) is 0.421. The maximum absolute atomic E-state index is 10.4. The van der Waals surface area contributed by atoms with Gasteiger partial charge in [0, 0.05) is 0 Å². The maximum Gasteiger partial charge on any atom is 0.510 e. The van der Waals surface area contributed by atoms with Gasteiger partial charge in [-0.1, -0.05) is 0 Å². The van der Waals surface area contributed by atoms with Crippen molar-refractivity contribution in [3.63, 3.8) is 0 Å². The molecule has 64 valence electrons. The van der Waals surface area contributed by atoms with Crippen molar-refractivity contribution in [2.24, 2.45) is 0 Å². The number of carbonyl (C=O) groups is 1. The normalized spacial score (nSPS) is 24.5. The van der Waals surface area contributed by atoms with Crippen molar-refractivity contribution in [2.45, 2.75) is 6.29 Å². The van der Waals surface area contributed by atoms with E-state index >= 15 is 0 Å². The van der Waals surface area contributed by atoms with Crippen molar-refractivity contribution >= 4 is 16.3 Å². The predicted molar refractivity (Wildman–Crippen MR) is 32.1 cm³/mol. The highest BCUT2D eigenvalue weighted by atomic mass is 32.2. The van der Waals surface area contributed by atoms with Crippen LogP contribution in [0.2, 0.25) is 0 Å². The molecule has 0 bridgehead atoms. The van der Waals surface area contributed by atoms with E-state index in [4.69, 9.17) is 0 Å². The Bertz CT molecular complexity index is 254. The van der Waals surface area contributed by atoms with Gasteiger partial charge in [-0.25, -0.2) is 8.98 Å². The van der Waals surface area contributed by atoms with Crippen molar-refractivity contribution in [2.75, 3.05) is 12.9 Å². The Labute approximate surface area is 63.2 Å².